The molecule has 330 valence electrons. The number of esters is 1. The number of aromatic nitrogens is 3. The summed E-state index contributed by atoms with van der Waals surface area (Å²) < 4.78 is 25.5. The van der Waals surface area contributed by atoms with E-state index in [0.717, 1.165) is 18.5 Å². The van der Waals surface area contributed by atoms with Crippen molar-refractivity contribution in [3.05, 3.63) is 64.7 Å². The van der Waals surface area contributed by atoms with Crippen LogP contribution in [0.4, 0.5) is 5.69 Å². The van der Waals surface area contributed by atoms with Crippen LogP contribution in [0.2, 0.25) is 0 Å². The van der Waals surface area contributed by atoms with E-state index in [9.17, 15) is 35.1 Å². The minimum absolute atomic E-state index is 0.0255. The number of rotatable bonds is 7. The number of nitrogens with zero attached hydrogens (tertiary/aromatic N) is 5. The number of methoxy groups -OCH3 is 1. The zero-order valence-electron chi connectivity index (χ0n) is 36.5. The predicted octanol–water partition coefficient (Wildman–Crippen LogP) is 5.91. The van der Waals surface area contributed by atoms with Gasteiger partial charge in [0.05, 0.1) is 54.3 Å². The molecule has 0 spiro atoms. The molecule has 0 saturated carbocycles. The van der Waals surface area contributed by atoms with Gasteiger partial charge in [0.2, 0.25) is 0 Å². The minimum atomic E-state index is -1.99. The molecule has 5 aliphatic heterocycles. The summed E-state index contributed by atoms with van der Waals surface area (Å²) in [6.07, 6.45) is 8.03. The van der Waals surface area contributed by atoms with Gasteiger partial charge in [0.25, 0.3) is 5.78 Å². The number of benzene rings is 2. The van der Waals surface area contributed by atoms with Gasteiger partial charge in [-0.3, -0.25) is 14.3 Å². The monoisotopic (exact) mass is 845 g/mol. The van der Waals surface area contributed by atoms with Gasteiger partial charge in [0.1, 0.15) is 34.9 Å². The van der Waals surface area contributed by atoms with E-state index in [1.807, 2.05) is 37.1 Å². The van der Waals surface area contributed by atoms with Gasteiger partial charge in [-0.25, -0.2) is 4.99 Å². The van der Waals surface area contributed by atoms with Crippen LogP contribution in [0, 0.1) is 30.6 Å². The van der Waals surface area contributed by atoms with Crippen LogP contribution in [0.3, 0.4) is 0 Å². The van der Waals surface area contributed by atoms with Crippen molar-refractivity contribution in [2.24, 2.45) is 28.7 Å². The molecule has 0 unspecified atom stereocenters. The molecule has 0 saturated heterocycles. The second-order valence-corrected chi connectivity index (χ2v) is 16.8. The van der Waals surface area contributed by atoms with Gasteiger partial charge in [-0.05, 0) is 31.9 Å². The van der Waals surface area contributed by atoms with Gasteiger partial charge in [0, 0.05) is 73.9 Å². The number of ether oxygens (including phenoxy) is 4. The van der Waals surface area contributed by atoms with Crippen molar-refractivity contribution < 1.29 is 54.1 Å². The van der Waals surface area contributed by atoms with Gasteiger partial charge in [-0.2, -0.15) is 0 Å². The van der Waals surface area contributed by atoms with Crippen molar-refractivity contribution in [2.45, 2.75) is 118 Å². The van der Waals surface area contributed by atoms with E-state index in [2.05, 4.69) is 17.2 Å². The molecule has 8 rings (SSSR count). The maximum atomic E-state index is 14.5. The van der Waals surface area contributed by atoms with E-state index in [4.69, 9.17) is 23.9 Å². The highest BCUT2D eigenvalue weighted by Gasteiger charge is 2.50. The molecule has 0 radical (unpaired) electrons. The third-order valence-corrected chi connectivity index (χ3v) is 12.4. The smallest absolute Gasteiger partial charge is 0.312 e. The number of aliphatic imine (C=N–C) groups is 1. The number of Topliss-reactive ketones (excluding diaryl/α,β-unsaturated/α-hetero) is 1. The van der Waals surface area contributed by atoms with Crippen LogP contribution in [0.1, 0.15) is 89.0 Å². The van der Waals surface area contributed by atoms with Crippen molar-refractivity contribution in [3.63, 3.8) is 0 Å². The molecule has 3 aromatic rings. The molecule has 61 heavy (non-hydrogen) atoms. The Kier molecular flexibility index (Phi) is 13.2. The van der Waals surface area contributed by atoms with E-state index in [0.29, 0.717) is 24.5 Å². The van der Waals surface area contributed by atoms with E-state index in [1.165, 1.54) is 40.2 Å². The number of phenolic OH excluding ortho intramolecular Hbond substituents is 3. The number of phenols is 3. The van der Waals surface area contributed by atoms with E-state index in [-0.39, 0.29) is 51.2 Å². The van der Waals surface area contributed by atoms with Crippen molar-refractivity contribution in [1.82, 2.24) is 19.9 Å². The molecular weight excluding hydrogens is 787 g/mol. The Morgan fingerprint density at radius 1 is 0.984 bits per heavy atom. The molecule has 16 heteroatoms. The fraction of sp³-hybridized carbons (Fsp3) is 0.533. The Balaban J connectivity index is 1.52. The number of allylic oxidation sites excluding steroid dienone is 2. The summed E-state index contributed by atoms with van der Waals surface area (Å²) in [6.45, 7) is 16.0. The normalized spacial score (nSPS) is 30.2. The molecule has 16 nitrogen and oxygen atoms in total. The van der Waals surface area contributed by atoms with Crippen LogP contribution in [-0.4, -0.2) is 107 Å². The number of fused-ring (bicyclic) bond motifs is 1. The number of hydrogen-bond acceptors (Lipinski definition) is 15. The Hall–Kier alpha value is -5.45. The van der Waals surface area contributed by atoms with Gasteiger partial charge < -0.3 is 49.4 Å². The third kappa shape index (κ3) is 8.45. The molecular formula is C45H59N5O11. The summed E-state index contributed by atoms with van der Waals surface area (Å²) in [6, 6.07) is 0. The van der Waals surface area contributed by atoms with Crippen LogP contribution < -0.4 is 4.74 Å². The van der Waals surface area contributed by atoms with Crippen LogP contribution in [-0.2, 0) is 38.5 Å². The summed E-state index contributed by atoms with van der Waals surface area (Å²) >= 11 is 0. The van der Waals surface area contributed by atoms with Crippen LogP contribution in [0.5, 0.6) is 23.0 Å². The number of amidine groups is 1. The topological polar surface area (TPSA) is 219 Å². The molecule has 5 aliphatic rings. The number of aromatic hydroxyl groups is 3. The average Bonchev–Trinajstić information content (AvgIpc) is 3.79. The second kappa shape index (κ2) is 17.9. The van der Waals surface area contributed by atoms with E-state index >= 15 is 0 Å². The number of carbonyl (C=O) groups excluding carboxylic acids is 2. The van der Waals surface area contributed by atoms with Crippen molar-refractivity contribution >= 4 is 34.0 Å². The van der Waals surface area contributed by atoms with Gasteiger partial charge in [-0.1, -0.05) is 64.5 Å². The molecule has 6 heterocycles. The predicted molar refractivity (Wildman–Crippen MR) is 227 cm³/mol. The van der Waals surface area contributed by atoms with Gasteiger partial charge in [-0.15, -0.1) is 5.10 Å². The first-order valence-corrected chi connectivity index (χ1v) is 20.8. The Labute approximate surface area is 355 Å². The number of aliphatic hydroxyl groups is 2. The Morgan fingerprint density at radius 3 is 2.38 bits per heavy atom. The maximum absolute atomic E-state index is 14.5. The van der Waals surface area contributed by atoms with Crippen molar-refractivity contribution in [1.29, 1.82) is 0 Å². The van der Waals surface area contributed by atoms with Gasteiger partial charge >= 0.3 is 11.8 Å². The lowest BCUT2D eigenvalue weighted by molar-refractivity contribution is -0.160. The van der Waals surface area contributed by atoms with Crippen molar-refractivity contribution in [3.8, 4) is 23.0 Å². The van der Waals surface area contributed by atoms with E-state index in [1.54, 1.807) is 31.5 Å². The molecule has 9 atom stereocenters. The fourth-order valence-electron chi connectivity index (χ4n) is 8.70. The number of ketones is 1. The number of aliphatic hydroxyl groups excluding tert-OH is 2. The maximum Gasteiger partial charge on any atom is 0.312 e. The van der Waals surface area contributed by atoms with Crippen molar-refractivity contribution in [2.75, 3.05) is 13.7 Å². The average molecular weight is 846 g/mol. The molecule has 5 N–H and O–H groups in total. The fourth-order valence-corrected chi connectivity index (χ4v) is 8.70. The SMILES string of the molecule is CCCc1cn(CCN2Cc3c4c(O)c5c(O)c(C)c6c(c5c3O)C(=O)[C@@](C)(O/C=C/[C@H](OC)[C@@H](C)[C@@H](OC(C)=O)[C@H](C)[C@H](O)[C@H](C)[C@@H](O)[C@@H](C)/C=C/C=C(/C)C2=N4)O6)nn1. The highest BCUT2D eigenvalue weighted by molar-refractivity contribution is 6.21. The Morgan fingerprint density at radius 2 is 1.70 bits per heavy atom. The summed E-state index contributed by atoms with van der Waals surface area (Å²) in [5.41, 5.74) is 1.84. The molecule has 1 aromatic heterocycles. The summed E-state index contributed by atoms with van der Waals surface area (Å²) in [5.74, 6) is -6.29. The first-order valence-electron chi connectivity index (χ1n) is 20.8. The number of hydrogen-bond donors (Lipinski definition) is 5. The highest BCUT2D eigenvalue weighted by Crippen LogP contribution is 2.56. The first-order chi connectivity index (χ1) is 28.8. The molecule has 7 bridgehead atoms. The molecule has 2 aromatic carbocycles. The molecule has 0 fully saturated rings. The summed E-state index contributed by atoms with van der Waals surface area (Å²) in [4.78, 5) is 33.7. The first kappa shape index (κ1) is 45.1. The van der Waals surface area contributed by atoms with Crippen LogP contribution >= 0.6 is 0 Å². The summed E-state index contributed by atoms with van der Waals surface area (Å²) in [7, 11) is 1.46. The quantitative estimate of drug-likeness (QED) is 0.138. The Bertz CT molecular complexity index is 2300. The lowest BCUT2D eigenvalue weighted by atomic mass is 9.78. The van der Waals surface area contributed by atoms with Crippen LogP contribution in [0.25, 0.3) is 10.8 Å². The lowest BCUT2D eigenvalue weighted by Gasteiger charge is -2.38. The molecule has 0 aliphatic carbocycles. The third-order valence-electron chi connectivity index (χ3n) is 12.4. The highest BCUT2D eigenvalue weighted by atomic mass is 16.7. The number of aryl methyl sites for hydroxylation is 1. The minimum Gasteiger partial charge on any atom is -0.507 e. The summed E-state index contributed by atoms with van der Waals surface area (Å²) in [5, 5.41) is 67.2. The largest absolute Gasteiger partial charge is 0.507 e. The van der Waals surface area contributed by atoms with Gasteiger partial charge in [0.15, 0.2) is 5.75 Å². The zero-order valence-corrected chi connectivity index (χ0v) is 36.5. The number of carbonyl (C=O) groups is 2. The second-order valence-electron chi connectivity index (χ2n) is 16.8. The van der Waals surface area contributed by atoms with E-state index < -0.39 is 77.1 Å². The standard InChI is InChI=1S/C45H59N5O11/c1-11-13-29-20-50(48-47-29)18-17-49-21-30-35-40(56)33-32(39(30)55)34-42(27(7)38(33)54)61-45(9,43(34)57)59-19-16-31(58-10)24(4)41(60-28(8)51)26(6)37(53)25(5)36(52)22(2)14-12-15-23(3)44(49)46-35/h12,14-16,19-20,22,24-26,31,36-37,41,52-56H,11,13,17-18,21H2,1-10H3/b14-12+,19-16+,23-15-/t22-,24+,25+,26+,31-,36-,37+,41+,45-/m0/s1. The lowest BCUT2D eigenvalue weighted by Crippen LogP contribution is -2.46. The zero-order chi connectivity index (χ0) is 44.7. The van der Waals surface area contributed by atoms with Crippen LogP contribution in [0.15, 0.2) is 47.3 Å². The molecule has 0 amide bonds.